The molecule has 86 valence electrons. The molecule has 0 bridgehead atoms. The average Bonchev–Trinajstić information content (AvgIpc) is 2.38. The molecule has 0 aliphatic rings. The Balaban J connectivity index is 2.12. The normalized spacial score (nSPS) is 9.88. The van der Waals surface area contributed by atoms with Crippen LogP contribution in [0.3, 0.4) is 0 Å². The Bertz CT molecular complexity index is 516. The Labute approximate surface area is 97.4 Å². The molecule has 6 heteroatoms. The van der Waals surface area contributed by atoms with Gasteiger partial charge in [0.2, 0.25) is 0 Å². The number of anilines is 1. The van der Waals surface area contributed by atoms with Crippen LogP contribution in [0.4, 0.5) is 5.82 Å². The largest absolute Gasteiger partial charge is 0.478 e. The number of carboxylic acids is 1. The van der Waals surface area contributed by atoms with E-state index in [1.165, 1.54) is 12.3 Å². The third-order valence-electron chi connectivity index (χ3n) is 2.13. The first-order valence-corrected chi connectivity index (χ1v) is 4.95. The molecule has 0 atom stereocenters. The van der Waals surface area contributed by atoms with E-state index < -0.39 is 5.97 Å². The Morgan fingerprint density at radius 2 is 2.24 bits per heavy atom. The summed E-state index contributed by atoms with van der Waals surface area (Å²) in [6.07, 6.45) is 4.72. The van der Waals surface area contributed by atoms with Crippen LogP contribution in [0.15, 0.2) is 36.8 Å². The summed E-state index contributed by atoms with van der Waals surface area (Å²) in [6.45, 7) is 0.451. The van der Waals surface area contributed by atoms with Crippen LogP contribution in [0.2, 0.25) is 0 Å². The van der Waals surface area contributed by atoms with Crippen molar-refractivity contribution in [1.29, 1.82) is 0 Å². The fourth-order valence-electron chi connectivity index (χ4n) is 1.32. The maximum Gasteiger partial charge on any atom is 0.339 e. The summed E-state index contributed by atoms with van der Waals surface area (Å²) < 4.78 is 0. The van der Waals surface area contributed by atoms with Crippen molar-refractivity contribution in [3.63, 3.8) is 0 Å². The minimum Gasteiger partial charge on any atom is -0.478 e. The van der Waals surface area contributed by atoms with Crippen molar-refractivity contribution in [3.05, 3.63) is 47.9 Å². The van der Waals surface area contributed by atoms with Crippen molar-refractivity contribution < 1.29 is 9.90 Å². The van der Waals surface area contributed by atoms with Crippen molar-refractivity contribution in [2.24, 2.45) is 0 Å². The van der Waals surface area contributed by atoms with E-state index in [-0.39, 0.29) is 11.4 Å². The molecule has 2 aromatic rings. The highest BCUT2D eigenvalue weighted by Gasteiger charge is 2.10. The molecular weight excluding hydrogens is 220 g/mol. The predicted octanol–water partition coefficient (Wildman–Crippen LogP) is 1.18. The molecule has 0 unspecified atom stereocenters. The third-order valence-corrected chi connectivity index (χ3v) is 2.13. The first-order chi connectivity index (χ1) is 8.27. The lowest BCUT2D eigenvalue weighted by Crippen LogP contribution is -2.09. The fraction of sp³-hybridized carbons (Fsp3) is 0.0909. The van der Waals surface area contributed by atoms with E-state index in [4.69, 9.17) is 5.11 Å². The molecule has 0 radical (unpaired) electrons. The topological polar surface area (TPSA) is 88.0 Å². The van der Waals surface area contributed by atoms with Crippen LogP contribution in [0.25, 0.3) is 0 Å². The number of aromatic carboxylic acids is 1. The van der Waals surface area contributed by atoms with Gasteiger partial charge in [0.25, 0.3) is 0 Å². The average molecular weight is 230 g/mol. The van der Waals surface area contributed by atoms with Gasteiger partial charge in [-0.2, -0.15) is 5.10 Å². The van der Waals surface area contributed by atoms with E-state index in [0.29, 0.717) is 6.54 Å². The van der Waals surface area contributed by atoms with Crippen LogP contribution in [-0.4, -0.2) is 26.3 Å². The van der Waals surface area contributed by atoms with Crippen LogP contribution in [0.5, 0.6) is 0 Å². The first kappa shape index (κ1) is 11.0. The number of carbonyl (C=O) groups is 1. The number of pyridine rings is 1. The molecule has 6 nitrogen and oxygen atoms in total. The number of aromatic nitrogens is 3. The molecule has 0 saturated heterocycles. The highest BCUT2D eigenvalue weighted by Crippen LogP contribution is 2.11. The van der Waals surface area contributed by atoms with Gasteiger partial charge in [0, 0.05) is 18.9 Å². The maximum atomic E-state index is 10.9. The molecule has 17 heavy (non-hydrogen) atoms. The summed E-state index contributed by atoms with van der Waals surface area (Å²) in [6, 6.07) is 5.10. The third kappa shape index (κ3) is 2.75. The van der Waals surface area contributed by atoms with Crippen LogP contribution in [-0.2, 0) is 6.54 Å². The number of nitrogens with one attached hydrogen (secondary N) is 1. The molecule has 0 aliphatic carbocycles. The molecule has 2 aromatic heterocycles. The lowest BCUT2D eigenvalue weighted by Gasteiger charge is -2.06. The minimum absolute atomic E-state index is 0.101. The van der Waals surface area contributed by atoms with Crippen molar-refractivity contribution in [3.8, 4) is 0 Å². The molecule has 2 rings (SSSR count). The number of hydrogen-bond donors (Lipinski definition) is 2. The summed E-state index contributed by atoms with van der Waals surface area (Å²) >= 11 is 0. The summed E-state index contributed by atoms with van der Waals surface area (Å²) in [5.41, 5.74) is 1.04. The summed E-state index contributed by atoms with van der Waals surface area (Å²) in [7, 11) is 0. The van der Waals surface area contributed by atoms with Gasteiger partial charge < -0.3 is 10.4 Å². The molecule has 0 aliphatic heterocycles. The van der Waals surface area contributed by atoms with Crippen molar-refractivity contribution in [2.45, 2.75) is 6.54 Å². The van der Waals surface area contributed by atoms with E-state index in [0.717, 1.165) is 5.56 Å². The lowest BCUT2D eigenvalue weighted by atomic mass is 10.2. The molecule has 2 heterocycles. The second kappa shape index (κ2) is 5.02. The zero-order valence-corrected chi connectivity index (χ0v) is 8.87. The van der Waals surface area contributed by atoms with Gasteiger partial charge in [-0.15, -0.1) is 5.10 Å². The van der Waals surface area contributed by atoms with E-state index in [1.54, 1.807) is 12.4 Å². The Morgan fingerprint density at radius 1 is 1.35 bits per heavy atom. The summed E-state index contributed by atoms with van der Waals surface area (Å²) in [5, 5.41) is 19.3. The second-order valence-electron chi connectivity index (χ2n) is 3.31. The molecule has 0 aromatic carbocycles. The van der Waals surface area contributed by atoms with E-state index >= 15 is 0 Å². The van der Waals surface area contributed by atoms with Gasteiger partial charge >= 0.3 is 5.97 Å². The van der Waals surface area contributed by atoms with E-state index in [1.807, 2.05) is 12.1 Å². The fourth-order valence-corrected chi connectivity index (χ4v) is 1.32. The Morgan fingerprint density at radius 3 is 2.94 bits per heavy atom. The van der Waals surface area contributed by atoms with Gasteiger partial charge in [-0.1, -0.05) is 6.07 Å². The lowest BCUT2D eigenvalue weighted by molar-refractivity contribution is 0.0697. The summed E-state index contributed by atoms with van der Waals surface area (Å²) in [4.78, 5) is 14.9. The van der Waals surface area contributed by atoms with Crippen molar-refractivity contribution in [1.82, 2.24) is 15.2 Å². The van der Waals surface area contributed by atoms with E-state index in [9.17, 15) is 4.79 Å². The smallest absolute Gasteiger partial charge is 0.339 e. The van der Waals surface area contributed by atoms with Crippen LogP contribution in [0, 0.1) is 0 Å². The number of carboxylic acid groups (broad SMARTS) is 1. The van der Waals surface area contributed by atoms with E-state index in [2.05, 4.69) is 20.5 Å². The SMILES string of the molecule is O=C(O)c1ccnnc1NCc1cccnc1. The maximum absolute atomic E-state index is 10.9. The number of rotatable bonds is 4. The van der Waals surface area contributed by atoms with Gasteiger partial charge in [-0.25, -0.2) is 4.79 Å². The zero-order valence-electron chi connectivity index (χ0n) is 8.87. The van der Waals surface area contributed by atoms with Gasteiger partial charge in [-0.3, -0.25) is 4.98 Å². The van der Waals surface area contributed by atoms with Gasteiger partial charge in [0.05, 0.1) is 6.20 Å². The quantitative estimate of drug-likeness (QED) is 0.820. The highest BCUT2D eigenvalue weighted by atomic mass is 16.4. The zero-order chi connectivity index (χ0) is 12.1. The minimum atomic E-state index is -1.03. The predicted molar refractivity (Wildman–Crippen MR) is 60.6 cm³/mol. The molecule has 0 amide bonds. The van der Waals surface area contributed by atoms with Crippen LogP contribution >= 0.6 is 0 Å². The summed E-state index contributed by atoms with van der Waals surface area (Å²) in [5.74, 6) is -0.780. The van der Waals surface area contributed by atoms with Crippen molar-refractivity contribution in [2.75, 3.05) is 5.32 Å². The van der Waals surface area contributed by atoms with Crippen LogP contribution < -0.4 is 5.32 Å². The van der Waals surface area contributed by atoms with Gasteiger partial charge in [0.15, 0.2) is 5.82 Å². The van der Waals surface area contributed by atoms with Crippen molar-refractivity contribution >= 4 is 11.8 Å². The van der Waals surface area contributed by atoms with Crippen LogP contribution in [0.1, 0.15) is 15.9 Å². The highest BCUT2D eigenvalue weighted by molar-refractivity contribution is 5.92. The Hall–Kier alpha value is -2.50. The molecule has 0 fully saturated rings. The molecular formula is C11H10N4O2. The molecule has 0 spiro atoms. The second-order valence-corrected chi connectivity index (χ2v) is 3.31. The monoisotopic (exact) mass is 230 g/mol. The number of hydrogen-bond acceptors (Lipinski definition) is 5. The first-order valence-electron chi connectivity index (χ1n) is 4.95. The molecule has 2 N–H and O–H groups in total. The standard InChI is InChI=1S/C11H10N4O2/c16-11(17)9-3-5-14-15-10(9)13-7-8-2-1-4-12-6-8/h1-6H,7H2,(H,13,15)(H,16,17). The molecule has 0 saturated carbocycles. The van der Waals surface area contributed by atoms with Gasteiger partial charge in [0.1, 0.15) is 5.56 Å². The van der Waals surface area contributed by atoms with Gasteiger partial charge in [-0.05, 0) is 17.7 Å². The number of nitrogens with zero attached hydrogens (tertiary/aromatic N) is 3. The Kier molecular flexibility index (Phi) is 3.25.